The summed E-state index contributed by atoms with van der Waals surface area (Å²) in [7, 11) is 1.29. The van der Waals surface area contributed by atoms with E-state index in [1.807, 2.05) is 0 Å². The summed E-state index contributed by atoms with van der Waals surface area (Å²) in [6.07, 6.45) is 0. The molecule has 0 rings (SSSR count). The van der Waals surface area contributed by atoms with E-state index in [0.717, 1.165) is 0 Å². The lowest BCUT2D eigenvalue weighted by Crippen LogP contribution is -2.17. The van der Waals surface area contributed by atoms with E-state index in [-0.39, 0.29) is 18.5 Å². The molecule has 0 fully saturated rings. The summed E-state index contributed by atoms with van der Waals surface area (Å²) in [5.74, 6) is -0.753. The van der Waals surface area contributed by atoms with Crippen LogP contribution in [0.1, 0.15) is 6.92 Å². The number of carbonyl (C=O) groups excluding carboxylic acids is 2. The fourth-order valence-corrected chi connectivity index (χ4v) is 0.453. The second-order valence-electron chi connectivity index (χ2n) is 1.85. The minimum atomic E-state index is -0.379. The summed E-state index contributed by atoms with van der Waals surface area (Å²) in [6, 6.07) is 0. The van der Waals surface area contributed by atoms with Gasteiger partial charge in [-0.3, -0.25) is 9.59 Å². The molecule has 0 heterocycles. The summed E-state index contributed by atoms with van der Waals surface area (Å²) in [5, 5.41) is 0. The Balaban J connectivity index is 3.50. The van der Waals surface area contributed by atoms with Crippen LogP contribution in [0.4, 0.5) is 0 Å². The van der Waals surface area contributed by atoms with E-state index in [1.54, 1.807) is 6.92 Å². The Labute approximate surface area is 59.1 Å². The summed E-state index contributed by atoms with van der Waals surface area (Å²) in [6.45, 7) is 2.00. The molecule has 4 heteroatoms. The van der Waals surface area contributed by atoms with Crippen molar-refractivity contribution in [1.82, 2.24) is 0 Å². The topological polar surface area (TPSA) is 52.6 Å². The lowest BCUT2D eigenvalue weighted by Gasteiger charge is -2.05. The zero-order valence-electron chi connectivity index (χ0n) is 5.99. The maximum absolute atomic E-state index is 10.6. The van der Waals surface area contributed by atoms with Crippen LogP contribution in [0.3, 0.4) is 0 Å². The molecule has 0 aromatic heterocycles. The third-order valence-electron chi connectivity index (χ3n) is 1.02. The first-order valence-electron chi connectivity index (χ1n) is 2.85. The van der Waals surface area contributed by atoms with Crippen LogP contribution in [0.15, 0.2) is 0 Å². The van der Waals surface area contributed by atoms with Crippen molar-refractivity contribution in [1.29, 1.82) is 0 Å². The Morgan fingerprint density at radius 3 is 2.70 bits per heavy atom. The molecule has 0 aliphatic carbocycles. The number of hydrogen-bond acceptors (Lipinski definition) is 4. The van der Waals surface area contributed by atoms with Crippen LogP contribution >= 0.6 is 0 Å². The Hall–Kier alpha value is -1.06. The average molecular weight is 146 g/mol. The fraction of sp³-hybridized carbons (Fsp3) is 0.667. The molecular weight excluding hydrogens is 136 g/mol. The molecule has 0 saturated carbocycles. The van der Waals surface area contributed by atoms with Crippen molar-refractivity contribution >= 4 is 12.4 Å². The lowest BCUT2D eigenvalue weighted by atomic mass is 10.2. The van der Waals surface area contributed by atoms with E-state index in [0.29, 0.717) is 6.47 Å². The van der Waals surface area contributed by atoms with Gasteiger partial charge in [0, 0.05) is 0 Å². The van der Waals surface area contributed by atoms with E-state index in [2.05, 4.69) is 9.47 Å². The predicted octanol–water partition coefficient (Wildman–Crippen LogP) is -0.0315. The molecule has 0 aliphatic heterocycles. The van der Waals surface area contributed by atoms with Crippen LogP contribution in [-0.4, -0.2) is 26.2 Å². The van der Waals surface area contributed by atoms with E-state index in [4.69, 9.17) is 0 Å². The number of esters is 1. The molecule has 0 saturated heterocycles. The van der Waals surface area contributed by atoms with Crippen molar-refractivity contribution in [2.45, 2.75) is 6.92 Å². The third kappa shape index (κ3) is 3.06. The maximum atomic E-state index is 10.6. The first-order valence-corrected chi connectivity index (χ1v) is 2.85. The van der Waals surface area contributed by atoms with Gasteiger partial charge in [-0.15, -0.1) is 0 Å². The molecule has 0 aromatic carbocycles. The monoisotopic (exact) mass is 146 g/mol. The summed E-state index contributed by atoms with van der Waals surface area (Å²) in [4.78, 5) is 20.2. The van der Waals surface area contributed by atoms with Crippen molar-refractivity contribution in [3.8, 4) is 0 Å². The van der Waals surface area contributed by atoms with Gasteiger partial charge in [0.15, 0.2) is 0 Å². The molecule has 0 spiro atoms. The number of hydrogen-bond donors (Lipinski definition) is 0. The highest BCUT2D eigenvalue weighted by Gasteiger charge is 2.12. The van der Waals surface area contributed by atoms with E-state index < -0.39 is 0 Å². The Kier molecular flexibility index (Phi) is 4.28. The van der Waals surface area contributed by atoms with E-state index >= 15 is 0 Å². The fourth-order valence-electron chi connectivity index (χ4n) is 0.453. The van der Waals surface area contributed by atoms with Crippen LogP contribution in [0, 0.1) is 5.92 Å². The van der Waals surface area contributed by atoms with E-state index in [1.165, 1.54) is 7.11 Å². The molecule has 0 amide bonds. The van der Waals surface area contributed by atoms with Crippen molar-refractivity contribution in [3.63, 3.8) is 0 Å². The lowest BCUT2D eigenvalue weighted by molar-refractivity contribution is -0.148. The highest BCUT2D eigenvalue weighted by atomic mass is 16.5. The molecule has 0 aliphatic rings. The van der Waals surface area contributed by atoms with Crippen molar-refractivity contribution in [3.05, 3.63) is 0 Å². The first-order chi connectivity index (χ1) is 4.72. The number of methoxy groups -OCH3 is 1. The number of ether oxygens (including phenoxy) is 2. The summed E-state index contributed by atoms with van der Waals surface area (Å²) >= 11 is 0. The van der Waals surface area contributed by atoms with Crippen LogP contribution in [0.25, 0.3) is 0 Å². The Morgan fingerprint density at radius 1 is 1.70 bits per heavy atom. The zero-order chi connectivity index (χ0) is 7.98. The standard InChI is InChI=1S/C6H10O4/c1-5(3-10-4-7)6(8)9-2/h4-5H,3H2,1-2H3. The van der Waals surface area contributed by atoms with Gasteiger partial charge in [-0.25, -0.2) is 0 Å². The minimum absolute atomic E-state index is 0.0795. The molecule has 58 valence electrons. The van der Waals surface area contributed by atoms with Gasteiger partial charge < -0.3 is 9.47 Å². The normalized spacial score (nSPS) is 11.8. The largest absolute Gasteiger partial charge is 0.469 e. The van der Waals surface area contributed by atoms with Crippen LogP contribution in [0.5, 0.6) is 0 Å². The van der Waals surface area contributed by atoms with Gasteiger partial charge in [0.1, 0.15) is 6.61 Å². The van der Waals surface area contributed by atoms with Crippen LogP contribution in [0.2, 0.25) is 0 Å². The van der Waals surface area contributed by atoms with Gasteiger partial charge in [0.25, 0.3) is 6.47 Å². The van der Waals surface area contributed by atoms with Crippen molar-refractivity contribution in [2.24, 2.45) is 5.92 Å². The molecule has 4 nitrogen and oxygen atoms in total. The smallest absolute Gasteiger partial charge is 0.311 e. The summed E-state index contributed by atoms with van der Waals surface area (Å²) < 4.78 is 8.71. The van der Waals surface area contributed by atoms with Gasteiger partial charge in [-0.05, 0) is 6.92 Å². The van der Waals surface area contributed by atoms with Crippen molar-refractivity contribution in [2.75, 3.05) is 13.7 Å². The predicted molar refractivity (Wildman–Crippen MR) is 33.2 cm³/mol. The zero-order valence-corrected chi connectivity index (χ0v) is 5.99. The van der Waals surface area contributed by atoms with Crippen LogP contribution < -0.4 is 0 Å². The van der Waals surface area contributed by atoms with Gasteiger partial charge in [-0.1, -0.05) is 0 Å². The molecule has 1 atom stereocenters. The molecule has 10 heavy (non-hydrogen) atoms. The van der Waals surface area contributed by atoms with Gasteiger partial charge >= 0.3 is 5.97 Å². The molecule has 1 unspecified atom stereocenters. The van der Waals surface area contributed by atoms with Gasteiger partial charge in [-0.2, -0.15) is 0 Å². The number of carbonyl (C=O) groups is 2. The molecule has 0 N–H and O–H groups in total. The van der Waals surface area contributed by atoms with Crippen molar-refractivity contribution < 1.29 is 19.1 Å². The molecule has 0 aromatic rings. The number of rotatable bonds is 4. The first kappa shape index (κ1) is 8.94. The average Bonchev–Trinajstić information content (AvgIpc) is 1.98. The quantitative estimate of drug-likeness (QED) is 0.412. The molecular formula is C6H10O4. The van der Waals surface area contributed by atoms with E-state index in [9.17, 15) is 9.59 Å². The maximum Gasteiger partial charge on any atom is 0.311 e. The highest BCUT2D eigenvalue weighted by Crippen LogP contribution is 1.96. The third-order valence-corrected chi connectivity index (χ3v) is 1.02. The van der Waals surface area contributed by atoms with Gasteiger partial charge in [0.2, 0.25) is 0 Å². The highest BCUT2D eigenvalue weighted by molar-refractivity contribution is 5.72. The Bertz CT molecular complexity index is 121. The molecule has 0 bridgehead atoms. The van der Waals surface area contributed by atoms with Crippen LogP contribution in [-0.2, 0) is 19.1 Å². The summed E-state index contributed by atoms with van der Waals surface area (Å²) in [5.41, 5.74) is 0. The Morgan fingerprint density at radius 2 is 2.30 bits per heavy atom. The minimum Gasteiger partial charge on any atom is -0.469 e. The second-order valence-corrected chi connectivity index (χ2v) is 1.85. The molecule has 0 radical (unpaired) electrons. The SMILES string of the molecule is COC(=O)C(C)COC=O. The second kappa shape index (κ2) is 4.78. The van der Waals surface area contributed by atoms with Gasteiger partial charge in [0.05, 0.1) is 13.0 Å².